The van der Waals surface area contributed by atoms with Gasteiger partial charge in [-0.3, -0.25) is 0 Å². The Labute approximate surface area is 183 Å². The molecule has 1 atom stereocenters. The Morgan fingerprint density at radius 2 is 2.06 bits per heavy atom. The number of aliphatic hydroxyl groups is 1. The number of sulfone groups is 1. The lowest BCUT2D eigenvalue weighted by molar-refractivity contribution is 0.104. The molecule has 4 aromatic rings. The van der Waals surface area contributed by atoms with E-state index in [0.29, 0.717) is 27.7 Å². The van der Waals surface area contributed by atoms with Crippen LogP contribution in [0.5, 0.6) is 17.4 Å². The van der Waals surface area contributed by atoms with Crippen LogP contribution in [0.15, 0.2) is 30.7 Å². The van der Waals surface area contributed by atoms with Crippen molar-refractivity contribution in [3.63, 3.8) is 0 Å². The van der Waals surface area contributed by atoms with Gasteiger partial charge in [-0.15, -0.1) is 0 Å². The van der Waals surface area contributed by atoms with E-state index in [9.17, 15) is 17.9 Å². The van der Waals surface area contributed by atoms with Crippen molar-refractivity contribution in [1.82, 2.24) is 19.6 Å². The largest absolute Gasteiger partial charge is 0.489 e. The van der Waals surface area contributed by atoms with Gasteiger partial charge in [-0.25, -0.2) is 17.3 Å². The van der Waals surface area contributed by atoms with Crippen molar-refractivity contribution in [2.75, 3.05) is 18.6 Å². The fraction of sp³-hybridized carbons (Fsp3) is 0.333. The van der Waals surface area contributed by atoms with E-state index in [1.165, 1.54) is 16.9 Å². The Morgan fingerprint density at radius 1 is 1.28 bits per heavy atom. The molecule has 0 fully saturated rings. The standard InChI is InChI=1S/C21H23FN4O5S/c1-12-8-15-16(25-12)4-5-17(19(15)22)31-21-20-13(2)18(9-26(20)24-11-23-21)30-10-14(27)6-7-32(3,28)29/h4-5,8-9,11,14,25,27H,6-7,10H2,1-3H3/t14-/m0/s1. The van der Waals surface area contributed by atoms with Crippen LogP contribution in [0.3, 0.4) is 0 Å². The van der Waals surface area contributed by atoms with Gasteiger partial charge in [-0.1, -0.05) is 0 Å². The Kier molecular flexibility index (Phi) is 5.78. The van der Waals surface area contributed by atoms with Crippen molar-refractivity contribution in [1.29, 1.82) is 0 Å². The summed E-state index contributed by atoms with van der Waals surface area (Å²) in [7, 11) is -3.17. The minimum absolute atomic E-state index is 0.0244. The first-order valence-corrected chi connectivity index (χ1v) is 12.0. The topological polar surface area (TPSA) is 119 Å². The van der Waals surface area contributed by atoms with Crippen LogP contribution >= 0.6 is 0 Å². The molecule has 2 N–H and O–H groups in total. The van der Waals surface area contributed by atoms with Gasteiger partial charge in [0, 0.05) is 28.4 Å². The van der Waals surface area contributed by atoms with Crippen molar-refractivity contribution in [2.45, 2.75) is 26.4 Å². The summed E-state index contributed by atoms with van der Waals surface area (Å²) in [4.78, 5) is 7.23. The molecule has 0 saturated heterocycles. The van der Waals surface area contributed by atoms with E-state index in [-0.39, 0.29) is 30.4 Å². The first kappa shape index (κ1) is 22.0. The van der Waals surface area contributed by atoms with Crippen LogP contribution in [-0.2, 0) is 9.84 Å². The molecule has 0 aliphatic heterocycles. The molecule has 0 amide bonds. The minimum atomic E-state index is -3.17. The van der Waals surface area contributed by atoms with Crippen molar-refractivity contribution in [3.8, 4) is 17.4 Å². The molecule has 0 saturated carbocycles. The number of aromatic amines is 1. The molecule has 9 nitrogen and oxygen atoms in total. The van der Waals surface area contributed by atoms with Crippen molar-refractivity contribution in [2.24, 2.45) is 0 Å². The second-order valence-corrected chi connectivity index (χ2v) is 10.0. The lowest BCUT2D eigenvalue weighted by atomic mass is 10.2. The third-order valence-corrected chi connectivity index (χ3v) is 6.02. The van der Waals surface area contributed by atoms with Gasteiger partial charge in [0.05, 0.1) is 18.1 Å². The SMILES string of the molecule is Cc1cc2c(F)c(Oc3ncnn4cc(OC[C@@H](O)CCS(C)(=O)=O)c(C)c34)ccc2[nH]1. The van der Waals surface area contributed by atoms with Gasteiger partial charge < -0.3 is 19.6 Å². The number of halogens is 1. The molecule has 11 heteroatoms. The fourth-order valence-electron chi connectivity index (χ4n) is 3.42. The third-order valence-electron chi connectivity index (χ3n) is 5.04. The highest BCUT2D eigenvalue weighted by Gasteiger charge is 2.19. The number of hydrogen-bond donors (Lipinski definition) is 2. The van der Waals surface area contributed by atoms with Gasteiger partial charge in [0.2, 0.25) is 5.88 Å². The maximum absolute atomic E-state index is 14.9. The van der Waals surface area contributed by atoms with E-state index < -0.39 is 21.8 Å². The average Bonchev–Trinajstić information content (AvgIpc) is 3.27. The molecule has 0 aliphatic carbocycles. The van der Waals surface area contributed by atoms with E-state index in [4.69, 9.17) is 9.47 Å². The Morgan fingerprint density at radius 3 is 2.81 bits per heavy atom. The van der Waals surface area contributed by atoms with E-state index >= 15 is 0 Å². The lowest BCUT2D eigenvalue weighted by Gasteiger charge is -2.11. The number of ether oxygens (including phenoxy) is 2. The van der Waals surface area contributed by atoms with Crippen LogP contribution < -0.4 is 9.47 Å². The number of aromatic nitrogens is 4. The van der Waals surface area contributed by atoms with Crippen LogP contribution in [0, 0.1) is 19.7 Å². The Bertz CT molecular complexity index is 1400. The van der Waals surface area contributed by atoms with E-state index in [1.807, 2.05) is 6.92 Å². The first-order valence-electron chi connectivity index (χ1n) is 9.89. The third kappa shape index (κ3) is 4.53. The van der Waals surface area contributed by atoms with Crippen molar-refractivity contribution < 1.29 is 27.4 Å². The van der Waals surface area contributed by atoms with Crippen LogP contribution in [0.1, 0.15) is 17.7 Å². The van der Waals surface area contributed by atoms with Crippen molar-refractivity contribution in [3.05, 3.63) is 47.8 Å². The Balaban J connectivity index is 1.58. The van der Waals surface area contributed by atoms with Gasteiger partial charge in [0.1, 0.15) is 34.0 Å². The van der Waals surface area contributed by atoms with Crippen LogP contribution in [-0.4, -0.2) is 57.8 Å². The van der Waals surface area contributed by atoms with Gasteiger partial charge in [-0.2, -0.15) is 10.1 Å². The molecule has 1 aromatic carbocycles. The van der Waals surface area contributed by atoms with E-state index in [0.717, 1.165) is 11.9 Å². The summed E-state index contributed by atoms with van der Waals surface area (Å²) < 4.78 is 50.4. The Hall–Kier alpha value is -3.18. The smallest absolute Gasteiger partial charge is 0.247 e. The van der Waals surface area contributed by atoms with Gasteiger partial charge >= 0.3 is 0 Å². The molecule has 0 bridgehead atoms. The molecular weight excluding hydrogens is 439 g/mol. The maximum Gasteiger partial charge on any atom is 0.247 e. The molecule has 0 unspecified atom stereocenters. The molecule has 3 heterocycles. The van der Waals surface area contributed by atoms with Gasteiger partial charge in [-0.05, 0) is 38.5 Å². The van der Waals surface area contributed by atoms with E-state index in [1.54, 1.807) is 25.3 Å². The van der Waals surface area contributed by atoms with Crippen LogP contribution in [0.25, 0.3) is 16.4 Å². The number of nitrogens with zero attached hydrogens (tertiary/aromatic N) is 3. The molecule has 0 aliphatic rings. The zero-order chi connectivity index (χ0) is 23.0. The number of benzene rings is 1. The average molecular weight is 463 g/mol. The maximum atomic E-state index is 14.9. The number of rotatable bonds is 8. The van der Waals surface area contributed by atoms with Gasteiger partial charge in [0.15, 0.2) is 11.6 Å². The zero-order valence-corrected chi connectivity index (χ0v) is 18.6. The number of aryl methyl sites for hydroxylation is 2. The second kappa shape index (κ2) is 8.40. The monoisotopic (exact) mass is 462 g/mol. The fourth-order valence-corrected chi connectivity index (χ4v) is 4.12. The van der Waals surface area contributed by atoms with Crippen molar-refractivity contribution >= 4 is 26.3 Å². The highest BCUT2D eigenvalue weighted by molar-refractivity contribution is 7.90. The molecular formula is C21H23FN4O5S. The van der Waals surface area contributed by atoms with E-state index in [2.05, 4.69) is 15.1 Å². The second-order valence-electron chi connectivity index (χ2n) is 7.75. The summed E-state index contributed by atoms with van der Waals surface area (Å²) in [6.07, 6.45) is 3.11. The zero-order valence-electron chi connectivity index (χ0n) is 17.8. The molecule has 3 aromatic heterocycles. The normalized spacial score (nSPS) is 13.0. The van der Waals surface area contributed by atoms with Gasteiger partial charge in [0.25, 0.3) is 0 Å². The highest BCUT2D eigenvalue weighted by Crippen LogP contribution is 2.34. The highest BCUT2D eigenvalue weighted by atomic mass is 32.2. The summed E-state index contributed by atoms with van der Waals surface area (Å²) in [6, 6.07) is 4.97. The molecule has 0 spiro atoms. The quantitative estimate of drug-likeness (QED) is 0.413. The first-order chi connectivity index (χ1) is 15.1. The number of aliphatic hydroxyl groups excluding tert-OH is 1. The lowest BCUT2D eigenvalue weighted by Crippen LogP contribution is -2.21. The molecule has 0 radical (unpaired) electrons. The summed E-state index contributed by atoms with van der Waals surface area (Å²) in [5.74, 6) is -0.0371. The molecule has 4 rings (SSSR count). The number of hydrogen-bond acceptors (Lipinski definition) is 7. The summed E-state index contributed by atoms with van der Waals surface area (Å²) >= 11 is 0. The molecule has 32 heavy (non-hydrogen) atoms. The molecule has 170 valence electrons. The number of fused-ring (bicyclic) bond motifs is 2. The summed E-state index contributed by atoms with van der Waals surface area (Å²) in [5.41, 5.74) is 2.63. The predicted molar refractivity (Wildman–Crippen MR) is 117 cm³/mol. The summed E-state index contributed by atoms with van der Waals surface area (Å²) in [6.45, 7) is 3.52. The minimum Gasteiger partial charge on any atom is -0.489 e. The predicted octanol–water partition coefficient (Wildman–Crippen LogP) is 2.93. The summed E-state index contributed by atoms with van der Waals surface area (Å²) in [5, 5.41) is 14.6. The van der Waals surface area contributed by atoms with Crippen LogP contribution in [0.2, 0.25) is 0 Å². The van der Waals surface area contributed by atoms with Crippen LogP contribution in [0.4, 0.5) is 4.39 Å². The number of nitrogens with one attached hydrogen (secondary N) is 1. The number of H-pyrrole nitrogens is 1.